The Morgan fingerprint density at radius 2 is 2.24 bits per heavy atom. The molecule has 1 heterocycles. The number of amides is 1. The van der Waals surface area contributed by atoms with Crippen LogP contribution in [0.25, 0.3) is 0 Å². The maximum Gasteiger partial charge on any atom is 0.252 e. The average molecular weight is 255 g/mol. The summed E-state index contributed by atoms with van der Waals surface area (Å²) in [5, 5.41) is 18.1. The van der Waals surface area contributed by atoms with Gasteiger partial charge in [-0.05, 0) is 17.9 Å². The van der Waals surface area contributed by atoms with E-state index in [1.807, 2.05) is 12.3 Å². The third-order valence-electron chi connectivity index (χ3n) is 2.59. The molecule has 0 fully saturated rings. The topological polar surface area (TPSA) is 87.7 Å². The Morgan fingerprint density at radius 3 is 2.71 bits per heavy atom. The van der Waals surface area contributed by atoms with Crippen molar-refractivity contribution >= 4 is 23.1 Å². The van der Waals surface area contributed by atoms with Gasteiger partial charge in [0, 0.05) is 17.3 Å². The molecule has 0 unspecified atom stereocenters. The highest BCUT2D eigenvalue weighted by Crippen LogP contribution is 2.16. The summed E-state index contributed by atoms with van der Waals surface area (Å²) in [6, 6.07) is 0. The number of nitrogens with two attached hydrogens (primary N) is 1. The minimum atomic E-state index is -0.575. The van der Waals surface area contributed by atoms with Crippen molar-refractivity contribution in [3.63, 3.8) is 0 Å². The van der Waals surface area contributed by atoms with Gasteiger partial charge in [0.1, 0.15) is 5.84 Å². The van der Waals surface area contributed by atoms with Crippen molar-refractivity contribution in [2.24, 2.45) is 16.3 Å². The molecule has 1 amide bonds. The minimum absolute atomic E-state index is 0.0971. The second kappa shape index (κ2) is 5.18. The molecule has 17 heavy (non-hydrogen) atoms. The number of amidine groups is 1. The predicted molar refractivity (Wildman–Crippen MR) is 68.6 cm³/mol. The van der Waals surface area contributed by atoms with E-state index in [4.69, 9.17) is 10.9 Å². The Bertz CT molecular complexity index is 438. The van der Waals surface area contributed by atoms with Crippen molar-refractivity contribution in [2.45, 2.75) is 20.8 Å². The monoisotopic (exact) mass is 255 g/mol. The second-order valence-electron chi connectivity index (χ2n) is 4.52. The Balaban J connectivity index is 2.64. The SMILES string of the molecule is Cc1cscc1C(=O)NCC(C)(C)/C(N)=N/O. The van der Waals surface area contributed by atoms with Gasteiger partial charge in [0.2, 0.25) is 0 Å². The molecular weight excluding hydrogens is 238 g/mol. The normalized spacial score (nSPS) is 12.5. The molecule has 0 saturated carbocycles. The molecule has 0 radical (unpaired) electrons. The third-order valence-corrected chi connectivity index (χ3v) is 3.45. The molecule has 0 spiro atoms. The van der Waals surface area contributed by atoms with E-state index in [2.05, 4.69) is 10.5 Å². The second-order valence-corrected chi connectivity index (χ2v) is 5.26. The molecule has 1 rings (SSSR count). The standard InChI is InChI=1S/C11H17N3O2S/c1-7-4-17-5-8(7)9(15)13-6-11(2,3)10(12)14-16/h4-5,16H,6H2,1-3H3,(H2,12,14)(H,13,15). The van der Waals surface area contributed by atoms with Crippen molar-refractivity contribution in [3.8, 4) is 0 Å². The van der Waals surface area contributed by atoms with Crippen LogP contribution in [-0.2, 0) is 0 Å². The number of oxime groups is 1. The van der Waals surface area contributed by atoms with Crippen LogP contribution in [0.1, 0.15) is 29.8 Å². The van der Waals surface area contributed by atoms with Crippen LogP contribution in [0.4, 0.5) is 0 Å². The van der Waals surface area contributed by atoms with Crippen LogP contribution in [0.5, 0.6) is 0 Å². The predicted octanol–water partition coefficient (Wildman–Crippen LogP) is 1.56. The summed E-state index contributed by atoms with van der Waals surface area (Å²) in [5.74, 6) is -0.0394. The number of aryl methyl sites for hydroxylation is 1. The van der Waals surface area contributed by atoms with E-state index in [1.54, 1.807) is 19.2 Å². The van der Waals surface area contributed by atoms with Gasteiger partial charge in [-0.25, -0.2) is 0 Å². The lowest BCUT2D eigenvalue weighted by Gasteiger charge is -2.23. The Kier molecular flexibility index (Phi) is 4.11. The molecule has 0 aliphatic carbocycles. The number of hydrogen-bond acceptors (Lipinski definition) is 4. The Labute approximate surface area is 104 Å². The summed E-state index contributed by atoms with van der Waals surface area (Å²) < 4.78 is 0. The number of nitrogens with one attached hydrogen (secondary N) is 1. The largest absolute Gasteiger partial charge is 0.409 e. The fraction of sp³-hybridized carbons (Fsp3) is 0.455. The fourth-order valence-corrected chi connectivity index (χ4v) is 2.04. The van der Waals surface area contributed by atoms with Crippen molar-refractivity contribution in [1.29, 1.82) is 0 Å². The number of hydrogen-bond donors (Lipinski definition) is 3. The summed E-state index contributed by atoms with van der Waals surface area (Å²) in [7, 11) is 0. The molecular formula is C11H17N3O2S. The van der Waals surface area contributed by atoms with Crippen molar-refractivity contribution < 1.29 is 10.0 Å². The van der Waals surface area contributed by atoms with Gasteiger partial charge in [-0.1, -0.05) is 19.0 Å². The lowest BCUT2D eigenvalue weighted by Crippen LogP contribution is -2.42. The Hall–Kier alpha value is -1.56. The highest BCUT2D eigenvalue weighted by atomic mass is 32.1. The van der Waals surface area contributed by atoms with E-state index in [-0.39, 0.29) is 11.7 Å². The lowest BCUT2D eigenvalue weighted by atomic mass is 9.92. The minimum Gasteiger partial charge on any atom is -0.409 e. The molecule has 0 bridgehead atoms. The molecule has 4 N–H and O–H groups in total. The zero-order valence-corrected chi connectivity index (χ0v) is 11.0. The van der Waals surface area contributed by atoms with Crippen molar-refractivity contribution in [3.05, 3.63) is 21.9 Å². The van der Waals surface area contributed by atoms with Crippen molar-refractivity contribution in [1.82, 2.24) is 5.32 Å². The highest BCUT2D eigenvalue weighted by Gasteiger charge is 2.24. The molecule has 1 aromatic heterocycles. The summed E-state index contributed by atoms with van der Waals surface area (Å²) in [6.07, 6.45) is 0. The summed E-state index contributed by atoms with van der Waals surface area (Å²) in [6.45, 7) is 5.79. The van der Waals surface area contributed by atoms with Crippen LogP contribution in [0.15, 0.2) is 15.9 Å². The summed E-state index contributed by atoms with van der Waals surface area (Å²) in [5.41, 5.74) is 6.59. The number of carbonyl (C=O) groups excluding carboxylic acids is 1. The van der Waals surface area contributed by atoms with Gasteiger partial charge in [-0.15, -0.1) is 0 Å². The van der Waals surface area contributed by atoms with E-state index < -0.39 is 5.41 Å². The quantitative estimate of drug-likeness (QED) is 0.330. The van der Waals surface area contributed by atoms with Gasteiger partial charge < -0.3 is 16.3 Å². The molecule has 6 heteroatoms. The number of thiophene rings is 1. The molecule has 0 atom stereocenters. The first kappa shape index (κ1) is 13.5. The number of carbonyl (C=O) groups is 1. The molecule has 0 aliphatic rings. The van der Waals surface area contributed by atoms with E-state index in [0.29, 0.717) is 12.1 Å². The van der Waals surface area contributed by atoms with E-state index in [1.165, 1.54) is 11.3 Å². The number of rotatable bonds is 4. The van der Waals surface area contributed by atoms with Gasteiger partial charge in [0.05, 0.1) is 5.56 Å². The van der Waals surface area contributed by atoms with E-state index in [9.17, 15) is 4.79 Å². The molecule has 0 aliphatic heterocycles. The fourth-order valence-electron chi connectivity index (χ4n) is 1.22. The summed E-state index contributed by atoms with van der Waals surface area (Å²) >= 11 is 1.49. The lowest BCUT2D eigenvalue weighted by molar-refractivity contribution is 0.0944. The van der Waals surface area contributed by atoms with Crippen LogP contribution < -0.4 is 11.1 Å². The van der Waals surface area contributed by atoms with E-state index >= 15 is 0 Å². The highest BCUT2D eigenvalue weighted by molar-refractivity contribution is 7.08. The van der Waals surface area contributed by atoms with Gasteiger partial charge in [-0.2, -0.15) is 11.3 Å². The van der Waals surface area contributed by atoms with E-state index in [0.717, 1.165) is 5.56 Å². The van der Waals surface area contributed by atoms with Crippen LogP contribution in [0, 0.1) is 12.3 Å². The number of nitrogens with zero attached hydrogens (tertiary/aromatic N) is 1. The van der Waals surface area contributed by atoms with Gasteiger partial charge in [0.15, 0.2) is 0 Å². The van der Waals surface area contributed by atoms with Gasteiger partial charge in [-0.3, -0.25) is 4.79 Å². The smallest absolute Gasteiger partial charge is 0.252 e. The summed E-state index contributed by atoms with van der Waals surface area (Å²) in [4.78, 5) is 11.8. The molecule has 0 saturated heterocycles. The molecule has 1 aromatic rings. The maximum atomic E-state index is 11.8. The van der Waals surface area contributed by atoms with Gasteiger partial charge >= 0.3 is 0 Å². The van der Waals surface area contributed by atoms with Crippen molar-refractivity contribution in [2.75, 3.05) is 6.54 Å². The first-order chi connectivity index (χ1) is 7.88. The average Bonchev–Trinajstić information content (AvgIpc) is 2.71. The van der Waals surface area contributed by atoms with Crippen LogP contribution in [0.3, 0.4) is 0 Å². The molecule has 5 nitrogen and oxygen atoms in total. The van der Waals surface area contributed by atoms with Crippen LogP contribution >= 0.6 is 11.3 Å². The van der Waals surface area contributed by atoms with Gasteiger partial charge in [0.25, 0.3) is 5.91 Å². The first-order valence-corrected chi connectivity index (χ1v) is 6.12. The zero-order chi connectivity index (χ0) is 13.1. The molecule has 0 aromatic carbocycles. The van der Waals surface area contributed by atoms with Crippen LogP contribution in [-0.4, -0.2) is 23.5 Å². The molecule has 94 valence electrons. The zero-order valence-electron chi connectivity index (χ0n) is 10.2. The maximum absolute atomic E-state index is 11.8. The third kappa shape index (κ3) is 3.20. The first-order valence-electron chi connectivity index (χ1n) is 5.17. The van der Waals surface area contributed by atoms with Crippen LogP contribution in [0.2, 0.25) is 0 Å². The Morgan fingerprint density at radius 1 is 1.59 bits per heavy atom.